The zero-order valence-corrected chi connectivity index (χ0v) is 18.5. The Balaban J connectivity index is 1.52. The lowest BCUT2D eigenvalue weighted by Crippen LogP contribution is -2.37. The first-order valence-corrected chi connectivity index (χ1v) is 10.8. The number of nitro groups is 1. The number of esters is 1. The molecular weight excluding hydrogens is 442 g/mol. The number of piperidine rings is 1. The van der Waals surface area contributed by atoms with Crippen LogP contribution < -0.4 is 9.64 Å². The van der Waals surface area contributed by atoms with E-state index >= 15 is 0 Å². The van der Waals surface area contributed by atoms with Crippen LogP contribution in [0, 0.1) is 16.0 Å². The van der Waals surface area contributed by atoms with Crippen LogP contribution in [0.5, 0.6) is 17.4 Å². The lowest BCUT2D eigenvalue weighted by Gasteiger charge is -2.31. The van der Waals surface area contributed by atoms with Crippen LogP contribution in [0.2, 0.25) is 0 Å². The Hall–Kier alpha value is -4.28. The maximum Gasteiger partial charge on any atom is 0.373 e. The molecule has 0 unspecified atom stereocenters. The molecule has 0 amide bonds. The molecule has 11 nitrogen and oxygen atoms in total. The lowest BCUT2D eigenvalue weighted by atomic mass is 9.97. The van der Waals surface area contributed by atoms with Gasteiger partial charge in [-0.1, -0.05) is 0 Å². The largest absolute Gasteiger partial charge is 0.506 e. The molecule has 0 atom stereocenters. The molecule has 3 heterocycles. The van der Waals surface area contributed by atoms with Gasteiger partial charge in [0.25, 0.3) is 0 Å². The fourth-order valence-corrected chi connectivity index (χ4v) is 3.77. The predicted octanol–water partition coefficient (Wildman–Crippen LogP) is 3.72. The number of hydrogen-bond acceptors (Lipinski definition) is 10. The normalized spacial score (nSPS) is 14.0. The highest BCUT2D eigenvalue weighted by molar-refractivity contribution is 5.73. The summed E-state index contributed by atoms with van der Waals surface area (Å²) in [6.07, 6.45) is 3.61. The topological polar surface area (TPSA) is 141 Å². The second kappa shape index (κ2) is 10.1. The maximum absolute atomic E-state index is 12.0. The zero-order valence-electron chi connectivity index (χ0n) is 18.5. The average molecular weight is 465 g/mol. The molecule has 2 aromatic heterocycles. The van der Waals surface area contributed by atoms with Crippen LogP contribution in [0.15, 0.2) is 48.9 Å². The molecule has 1 saturated heterocycles. The number of aromatic nitrogens is 3. The SMILES string of the molecule is CCOC(=O)C1CCN(c2ncnc(Oc3ccc(-c4ccc(O)cn4)cc3)c2[N+](=O)[O-])CC1. The molecule has 1 aliphatic heterocycles. The minimum Gasteiger partial charge on any atom is -0.506 e. The van der Waals surface area contributed by atoms with E-state index in [0.29, 0.717) is 44.0 Å². The highest BCUT2D eigenvalue weighted by Gasteiger charge is 2.33. The van der Waals surface area contributed by atoms with Crippen molar-refractivity contribution in [3.8, 4) is 28.6 Å². The van der Waals surface area contributed by atoms with Crippen molar-refractivity contribution in [3.63, 3.8) is 0 Å². The number of carbonyl (C=O) groups excluding carboxylic acids is 1. The molecule has 1 N–H and O–H groups in total. The number of rotatable bonds is 7. The molecule has 11 heteroatoms. The Bertz CT molecular complexity index is 1160. The van der Waals surface area contributed by atoms with E-state index in [4.69, 9.17) is 9.47 Å². The number of nitrogens with zero attached hydrogens (tertiary/aromatic N) is 5. The van der Waals surface area contributed by atoms with E-state index in [1.54, 1.807) is 42.2 Å². The Morgan fingerprint density at radius 1 is 1.15 bits per heavy atom. The van der Waals surface area contributed by atoms with Crippen molar-refractivity contribution < 1.29 is 24.3 Å². The summed E-state index contributed by atoms with van der Waals surface area (Å²) in [6, 6.07) is 10.0. The van der Waals surface area contributed by atoms with Crippen LogP contribution in [-0.4, -0.2) is 50.6 Å². The van der Waals surface area contributed by atoms with Crippen molar-refractivity contribution in [2.75, 3.05) is 24.6 Å². The Labute approximate surface area is 195 Å². The van der Waals surface area contributed by atoms with E-state index in [0.717, 1.165) is 5.56 Å². The maximum atomic E-state index is 12.0. The number of ether oxygens (including phenoxy) is 2. The van der Waals surface area contributed by atoms with Gasteiger partial charge < -0.3 is 19.5 Å². The van der Waals surface area contributed by atoms with Gasteiger partial charge in [-0.25, -0.2) is 4.98 Å². The first kappa shape index (κ1) is 22.9. The van der Waals surface area contributed by atoms with E-state index in [1.165, 1.54) is 18.6 Å². The van der Waals surface area contributed by atoms with E-state index in [9.17, 15) is 20.0 Å². The highest BCUT2D eigenvalue weighted by atomic mass is 16.6. The number of pyridine rings is 1. The van der Waals surface area contributed by atoms with Gasteiger partial charge in [0.05, 0.1) is 29.3 Å². The third-order valence-corrected chi connectivity index (χ3v) is 5.48. The summed E-state index contributed by atoms with van der Waals surface area (Å²) in [5.41, 5.74) is 1.11. The number of aromatic hydroxyl groups is 1. The molecule has 0 spiro atoms. The predicted molar refractivity (Wildman–Crippen MR) is 122 cm³/mol. The summed E-state index contributed by atoms with van der Waals surface area (Å²) in [5.74, 6) is -0.0547. The summed E-state index contributed by atoms with van der Waals surface area (Å²) in [5, 5.41) is 21.3. The molecule has 1 aromatic carbocycles. The van der Waals surface area contributed by atoms with Crippen LogP contribution in [0.4, 0.5) is 11.5 Å². The van der Waals surface area contributed by atoms with E-state index in [-0.39, 0.29) is 35.0 Å². The van der Waals surface area contributed by atoms with Gasteiger partial charge in [0, 0.05) is 18.7 Å². The smallest absolute Gasteiger partial charge is 0.373 e. The van der Waals surface area contributed by atoms with Crippen LogP contribution >= 0.6 is 0 Å². The summed E-state index contributed by atoms with van der Waals surface area (Å²) in [6.45, 7) is 2.93. The van der Waals surface area contributed by atoms with E-state index in [1.807, 2.05) is 0 Å². The van der Waals surface area contributed by atoms with E-state index in [2.05, 4.69) is 15.0 Å². The van der Waals surface area contributed by atoms with Crippen molar-refractivity contribution in [3.05, 3.63) is 59.0 Å². The summed E-state index contributed by atoms with van der Waals surface area (Å²) >= 11 is 0. The number of anilines is 1. The quantitative estimate of drug-likeness (QED) is 0.312. The minimum absolute atomic E-state index is 0.0701. The first-order chi connectivity index (χ1) is 16.5. The number of carbonyl (C=O) groups is 1. The minimum atomic E-state index is -0.559. The molecule has 0 saturated carbocycles. The van der Waals surface area contributed by atoms with Gasteiger partial charge in [-0.3, -0.25) is 19.9 Å². The summed E-state index contributed by atoms with van der Waals surface area (Å²) < 4.78 is 10.8. The van der Waals surface area contributed by atoms with Crippen molar-refractivity contribution in [1.82, 2.24) is 15.0 Å². The van der Waals surface area contributed by atoms with Crippen molar-refractivity contribution in [1.29, 1.82) is 0 Å². The van der Waals surface area contributed by atoms with Crippen LogP contribution in [0.3, 0.4) is 0 Å². The van der Waals surface area contributed by atoms with Crippen molar-refractivity contribution in [2.24, 2.45) is 5.92 Å². The lowest BCUT2D eigenvalue weighted by molar-refractivity contribution is -0.385. The van der Waals surface area contributed by atoms with Crippen LogP contribution in [-0.2, 0) is 9.53 Å². The second-order valence-corrected chi connectivity index (χ2v) is 7.65. The number of hydrogen-bond donors (Lipinski definition) is 1. The van der Waals surface area contributed by atoms with Gasteiger partial charge >= 0.3 is 17.5 Å². The summed E-state index contributed by atoms with van der Waals surface area (Å²) in [7, 11) is 0. The van der Waals surface area contributed by atoms with Gasteiger partial charge in [-0.05, 0) is 56.2 Å². The monoisotopic (exact) mass is 465 g/mol. The molecule has 0 aliphatic carbocycles. The average Bonchev–Trinajstić information content (AvgIpc) is 2.85. The van der Waals surface area contributed by atoms with Gasteiger partial charge in [0.1, 0.15) is 17.8 Å². The molecule has 0 bridgehead atoms. The molecular formula is C23H23N5O6. The van der Waals surface area contributed by atoms with Crippen molar-refractivity contribution in [2.45, 2.75) is 19.8 Å². The van der Waals surface area contributed by atoms with Gasteiger partial charge in [0.15, 0.2) is 0 Å². The second-order valence-electron chi connectivity index (χ2n) is 7.65. The standard InChI is InChI=1S/C23H23N5O6/c1-2-33-23(30)16-9-11-27(12-10-16)21-20(28(31)32)22(26-14-25-21)34-18-6-3-15(4-7-18)19-8-5-17(29)13-24-19/h3-8,13-14,16,29H,2,9-12H2,1H3. The fraction of sp³-hybridized carbons (Fsp3) is 0.304. The Morgan fingerprint density at radius 3 is 2.50 bits per heavy atom. The van der Waals surface area contributed by atoms with Crippen LogP contribution in [0.1, 0.15) is 19.8 Å². The van der Waals surface area contributed by atoms with Crippen molar-refractivity contribution >= 4 is 17.5 Å². The van der Waals surface area contributed by atoms with Crippen LogP contribution in [0.25, 0.3) is 11.3 Å². The fourth-order valence-electron chi connectivity index (χ4n) is 3.77. The van der Waals surface area contributed by atoms with Gasteiger partial charge in [-0.15, -0.1) is 0 Å². The van der Waals surface area contributed by atoms with E-state index < -0.39 is 4.92 Å². The Kier molecular flexibility index (Phi) is 6.81. The van der Waals surface area contributed by atoms with Gasteiger partial charge in [-0.2, -0.15) is 4.98 Å². The zero-order chi connectivity index (χ0) is 24.1. The highest BCUT2D eigenvalue weighted by Crippen LogP contribution is 2.38. The molecule has 1 fully saturated rings. The molecule has 0 radical (unpaired) electrons. The molecule has 34 heavy (non-hydrogen) atoms. The van der Waals surface area contributed by atoms with Gasteiger partial charge in [0.2, 0.25) is 5.82 Å². The first-order valence-electron chi connectivity index (χ1n) is 10.8. The molecule has 1 aliphatic rings. The third kappa shape index (κ3) is 5.03. The summed E-state index contributed by atoms with van der Waals surface area (Å²) in [4.78, 5) is 37.4. The molecule has 4 rings (SSSR count). The molecule has 176 valence electrons. The molecule has 3 aromatic rings. The third-order valence-electron chi connectivity index (χ3n) is 5.48. The number of benzene rings is 1. The Morgan fingerprint density at radius 2 is 1.88 bits per heavy atom.